The van der Waals surface area contributed by atoms with Gasteiger partial charge in [0.05, 0.1) is 19.4 Å². The topological polar surface area (TPSA) is 115 Å². The molecule has 30 heavy (non-hydrogen) atoms. The Hall–Kier alpha value is -2.92. The lowest BCUT2D eigenvalue weighted by molar-refractivity contribution is 0.0988. The van der Waals surface area contributed by atoms with Gasteiger partial charge in [0.25, 0.3) is 0 Å². The fourth-order valence-corrected chi connectivity index (χ4v) is 5.42. The van der Waals surface area contributed by atoms with Crippen LogP contribution in [-0.4, -0.2) is 55.0 Å². The zero-order chi connectivity index (χ0) is 21.7. The van der Waals surface area contributed by atoms with Crippen LogP contribution in [0.4, 0.5) is 8.78 Å². The van der Waals surface area contributed by atoms with Crippen molar-refractivity contribution >= 4 is 21.8 Å². The van der Waals surface area contributed by atoms with Crippen LogP contribution in [0.5, 0.6) is 0 Å². The summed E-state index contributed by atoms with van der Waals surface area (Å²) in [4.78, 5) is 20.5. The number of rotatable bonds is 4. The molecule has 0 spiro atoms. The second-order valence-corrected chi connectivity index (χ2v) is 9.33. The van der Waals surface area contributed by atoms with Gasteiger partial charge in [-0.25, -0.2) is 26.5 Å². The second-order valence-electron chi connectivity index (χ2n) is 7.19. The van der Waals surface area contributed by atoms with Gasteiger partial charge < -0.3 is 10.5 Å². The summed E-state index contributed by atoms with van der Waals surface area (Å²) in [7, 11) is -2.65. The van der Waals surface area contributed by atoms with Crippen LogP contribution in [0.15, 0.2) is 41.5 Å². The lowest BCUT2D eigenvalue weighted by Crippen LogP contribution is -2.57. The number of carbonyl (C=O) groups excluding carboxylic acids is 1. The Morgan fingerprint density at radius 3 is 2.80 bits per heavy atom. The number of ketones is 1. The van der Waals surface area contributed by atoms with Crippen LogP contribution in [0.2, 0.25) is 0 Å². The molecule has 11 heteroatoms. The molecule has 1 fully saturated rings. The Labute approximate surface area is 171 Å². The molecule has 0 amide bonds. The maximum Gasteiger partial charge on any atom is 0.245 e. The molecule has 8 nitrogen and oxygen atoms in total. The zero-order valence-corrected chi connectivity index (χ0v) is 16.7. The highest BCUT2D eigenvalue weighted by atomic mass is 32.2. The largest absolute Gasteiger partial charge is 0.377 e. The van der Waals surface area contributed by atoms with Gasteiger partial charge in [-0.05, 0) is 29.8 Å². The van der Waals surface area contributed by atoms with Crippen LogP contribution < -0.4 is 5.73 Å². The third-order valence-corrected chi connectivity index (χ3v) is 7.57. The van der Waals surface area contributed by atoms with Gasteiger partial charge >= 0.3 is 0 Å². The van der Waals surface area contributed by atoms with Crippen molar-refractivity contribution in [3.05, 3.63) is 65.0 Å². The van der Waals surface area contributed by atoms with E-state index >= 15 is 0 Å². The minimum absolute atomic E-state index is 0.0120. The van der Waals surface area contributed by atoms with Gasteiger partial charge in [-0.2, -0.15) is 0 Å². The van der Waals surface area contributed by atoms with Crippen molar-refractivity contribution in [1.29, 1.82) is 0 Å². The highest BCUT2D eigenvalue weighted by Gasteiger charge is 2.58. The molecule has 2 aromatic rings. The lowest BCUT2D eigenvalue weighted by Gasteiger charge is -2.38. The number of carbonyl (C=O) groups is 1. The van der Waals surface area contributed by atoms with Crippen molar-refractivity contribution in [2.24, 2.45) is 10.7 Å². The maximum absolute atomic E-state index is 14.9. The van der Waals surface area contributed by atoms with E-state index in [9.17, 15) is 22.0 Å². The summed E-state index contributed by atoms with van der Waals surface area (Å²) in [5.74, 6) is -1.92. The van der Waals surface area contributed by atoms with Crippen LogP contribution in [0, 0.1) is 11.6 Å². The first kappa shape index (κ1) is 20.4. The number of fused-ring (bicyclic) bond motifs is 1. The van der Waals surface area contributed by atoms with Gasteiger partial charge in [0.2, 0.25) is 16.0 Å². The van der Waals surface area contributed by atoms with Crippen LogP contribution >= 0.6 is 0 Å². The predicted octanol–water partition coefficient (Wildman–Crippen LogP) is 0.969. The summed E-state index contributed by atoms with van der Waals surface area (Å²) < 4.78 is 59.8. The van der Waals surface area contributed by atoms with E-state index in [0.717, 1.165) is 22.6 Å². The number of halogens is 2. The number of Topliss-reactive ketones (excluding diaryl/α,β-unsaturated/α-hetero) is 1. The zero-order valence-electron chi connectivity index (χ0n) is 15.9. The first-order valence-electron chi connectivity index (χ1n) is 8.99. The molecule has 1 aromatic carbocycles. The van der Waals surface area contributed by atoms with Gasteiger partial charge in [-0.3, -0.25) is 9.78 Å². The highest BCUT2D eigenvalue weighted by molar-refractivity contribution is 7.90. The van der Waals surface area contributed by atoms with E-state index in [1.165, 1.54) is 25.2 Å². The normalized spacial score (nSPS) is 25.0. The lowest BCUT2D eigenvalue weighted by atomic mass is 9.87. The molecule has 2 aliphatic heterocycles. The van der Waals surface area contributed by atoms with E-state index in [1.54, 1.807) is 0 Å². The SMILES string of the molecule is CN1C(N)=N[C@]2(c3cc(CC(=O)c4ccc(F)cn4)ccc3F)COC[C@@H]2S1(=O)=O. The van der Waals surface area contributed by atoms with Crippen LogP contribution in [0.25, 0.3) is 0 Å². The number of guanidine groups is 1. The van der Waals surface area contributed by atoms with Gasteiger partial charge in [0.15, 0.2) is 5.78 Å². The number of hydrogen-bond acceptors (Lipinski definition) is 7. The summed E-state index contributed by atoms with van der Waals surface area (Å²) in [6.07, 6.45) is 0.795. The molecule has 0 saturated carbocycles. The Morgan fingerprint density at radius 1 is 1.33 bits per heavy atom. The number of aliphatic imine (C=N–C) groups is 1. The smallest absolute Gasteiger partial charge is 0.245 e. The summed E-state index contributed by atoms with van der Waals surface area (Å²) in [5, 5.41) is -1.15. The fraction of sp³-hybridized carbons (Fsp3) is 0.316. The number of hydrogen-bond donors (Lipinski definition) is 1. The predicted molar refractivity (Wildman–Crippen MR) is 103 cm³/mol. The van der Waals surface area contributed by atoms with E-state index in [1.807, 2.05) is 0 Å². The Kier molecular flexibility index (Phi) is 4.82. The van der Waals surface area contributed by atoms with Gasteiger partial charge in [0, 0.05) is 19.0 Å². The fourth-order valence-electron chi connectivity index (χ4n) is 3.73. The average Bonchev–Trinajstić information content (AvgIpc) is 3.14. The number of aromatic nitrogens is 1. The molecule has 0 unspecified atom stereocenters. The second kappa shape index (κ2) is 7.10. The molecular weight excluding hydrogens is 418 g/mol. The highest BCUT2D eigenvalue weighted by Crippen LogP contribution is 2.43. The first-order chi connectivity index (χ1) is 14.1. The molecule has 2 aliphatic rings. The van der Waals surface area contributed by atoms with Crippen molar-refractivity contribution in [3.63, 3.8) is 0 Å². The van der Waals surface area contributed by atoms with Gasteiger partial charge in [-0.1, -0.05) is 6.07 Å². The molecule has 158 valence electrons. The number of pyridine rings is 1. The van der Waals surface area contributed by atoms with Gasteiger partial charge in [-0.15, -0.1) is 0 Å². The van der Waals surface area contributed by atoms with Crippen LogP contribution in [0.3, 0.4) is 0 Å². The standard InChI is InChI=1S/C19H18F2N4O4S/c1-25-18(22)24-19(10-29-9-17(19)30(25,27)28)13-6-11(2-4-14(13)21)7-16(26)15-5-3-12(20)8-23-15/h2-6,8,17H,7,9-10H2,1H3,(H2,22,24)/t17-,19-/m0/s1. The first-order valence-corrected chi connectivity index (χ1v) is 10.5. The Balaban J connectivity index is 1.75. The minimum Gasteiger partial charge on any atom is -0.377 e. The third kappa shape index (κ3) is 3.14. The Bertz CT molecular complexity index is 1150. The summed E-state index contributed by atoms with van der Waals surface area (Å²) in [6, 6.07) is 6.35. The molecule has 0 aliphatic carbocycles. The van der Waals surface area contributed by atoms with Crippen molar-refractivity contribution in [2.75, 3.05) is 20.3 Å². The molecule has 0 bridgehead atoms. The number of benzene rings is 1. The number of ether oxygens (including phenoxy) is 1. The van der Waals surface area contributed by atoms with Crippen molar-refractivity contribution < 1.29 is 26.7 Å². The average molecular weight is 436 g/mol. The monoisotopic (exact) mass is 436 g/mol. The molecule has 0 radical (unpaired) electrons. The van der Waals surface area contributed by atoms with Crippen molar-refractivity contribution in [3.8, 4) is 0 Å². The van der Waals surface area contributed by atoms with E-state index in [4.69, 9.17) is 10.5 Å². The number of nitrogens with two attached hydrogens (primary N) is 1. The van der Waals surface area contributed by atoms with Crippen LogP contribution in [0.1, 0.15) is 21.6 Å². The summed E-state index contributed by atoms with van der Waals surface area (Å²) in [5.41, 5.74) is 4.74. The summed E-state index contributed by atoms with van der Waals surface area (Å²) in [6.45, 7) is -0.329. The molecular formula is C19H18F2N4O4S. The molecule has 3 heterocycles. The van der Waals surface area contributed by atoms with E-state index in [-0.39, 0.29) is 36.9 Å². The van der Waals surface area contributed by atoms with Crippen molar-refractivity contribution in [1.82, 2.24) is 9.29 Å². The van der Waals surface area contributed by atoms with Gasteiger partial charge in [0.1, 0.15) is 28.1 Å². The third-order valence-electron chi connectivity index (χ3n) is 5.38. The van der Waals surface area contributed by atoms with Crippen molar-refractivity contribution in [2.45, 2.75) is 17.2 Å². The van der Waals surface area contributed by atoms with Crippen LogP contribution in [-0.2, 0) is 26.7 Å². The minimum atomic E-state index is -3.92. The molecule has 1 saturated heterocycles. The molecule has 2 atom stereocenters. The maximum atomic E-state index is 14.9. The van der Waals surface area contributed by atoms with E-state index in [0.29, 0.717) is 5.56 Å². The van der Waals surface area contributed by atoms with E-state index < -0.39 is 38.2 Å². The molecule has 2 N–H and O–H groups in total. The Morgan fingerprint density at radius 2 is 2.10 bits per heavy atom. The number of sulfonamides is 1. The van der Waals surface area contributed by atoms with E-state index in [2.05, 4.69) is 9.98 Å². The molecule has 4 rings (SSSR count). The number of nitrogens with zero attached hydrogens (tertiary/aromatic N) is 3. The summed E-state index contributed by atoms with van der Waals surface area (Å²) >= 11 is 0. The quantitative estimate of drug-likeness (QED) is 0.715. The molecule has 1 aromatic heterocycles.